The number of hydrogen-bond acceptors (Lipinski definition) is 5. The van der Waals surface area contributed by atoms with Crippen molar-refractivity contribution in [2.45, 2.75) is 0 Å². The van der Waals surface area contributed by atoms with E-state index in [1.165, 1.54) is 0 Å². The van der Waals surface area contributed by atoms with E-state index in [9.17, 15) is 0 Å². The van der Waals surface area contributed by atoms with Crippen LogP contribution in [0.3, 0.4) is 0 Å². The van der Waals surface area contributed by atoms with Crippen LogP contribution in [0, 0.1) is 0 Å². The van der Waals surface area contributed by atoms with E-state index in [0.29, 0.717) is 0 Å². The molecular weight excluding hydrogens is 354 g/mol. The fourth-order valence-electron chi connectivity index (χ4n) is 2.68. The molecule has 6 heteroatoms. The zero-order valence-corrected chi connectivity index (χ0v) is 16.3. The first-order chi connectivity index (χ1) is 13.1. The summed E-state index contributed by atoms with van der Waals surface area (Å²) in [5, 5.41) is 9.74. The third-order valence-electron chi connectivity index (χ3n) is 4.24. The van der Waals surface area contributed by atoms with Crippen LogP contribution in [-0.4, -0.2) is 19.1 Å². The molecule has 0 bridgehead atoms. The second kappa shape index (κ2) is 7.25. The van der Waals surface area contributed by atoms with Crippen molar-refractivity contribution in [3.63, 3.8) is 0 Å². The van der Waals surface area contributed by atoms with Crippen molar-refractivity contribution < 1.29 is 4.57 Å². The fraction of sp³-hybridized carbons (Fsp3) is 0.143. The first kappa shape index (κ1) is 17.3. The maximum atomic E-state index is 4.73. The maximum Gasteiger partial charge on any atom is 0.169 e. The lowest BCUT2D eigenvalue weighted by Gasteiger charge is -2.11. The predicted octanol–water partition coefficient (Wildman–Crippen LogP) is 5.27. The standard InChI is InChI=1S/C21H20N5S/c1-25(2)18-7-4-16(5-8-18)23-24-17-6-9-19-20(14-17)27-21(22-19)15-10-12-26(3)13-11-15/h4-14H,1-3H3/q+1. The average molecular weight is 374 g/mol. The Morgan fingerprint density at radius 1 is 0.889 bits per heavy atom. The Morgan fingerprint density at radius 3 is 2.26 bits per heavy atom. The molecule has 0 N–H and O–H groups in total. The molecule has 0 unspecified atom stereocenters. The maximum absolute atomic E-state index is 4.73. The molecule has 134 valence electrons. The number of benzene rings is 2. The van der Waals surface area contributed by atoms with Crippen molar-refractivity contribution >= 4 is 38.6 Å². The number of aryl methyl sites for hydroxylation is 1. The summed E-state index contributed by atoms with van der Waals surface area (Å²) in [6.07, 6.45) is 4.06. The van der Waals surface area contributed by atoms with E-state index in [1.54, 1.807) is 11.3 Å². The monoisotopic (exact) mass is 374 g/mol. The summed E-state index contributed by atoms with van der Waals surface area (Å²) in [7, 11) is 6.04. The van der Waals surface area contributed by atoms with E-state index in [4.69, 9.17) is 4.98 Å². The van der Waals surface area contributed by atoms with Crippen molar-refractivity contribution in [3.8, 4) is 10.6 Å². The largest absolute Gasteiger partial charge is 0.378 e. The van der Waals surface area contributed by atoms with E-state index in [1.807, 2.05) is 80.6 Å². The number of azo groups is 1. The topological polar surface area (TPSA) is 44.7 Å². The van der Waals surface area contributed by atoms with Gasteiger partial charge in [0.25, 0.3) is 0 Å². The van der Waals surface area contributed by atoms with Gasteiger partial charge in [-0.15, -0.1) is 11.3 Å². The molecule has 4 aromatic rings. The predicted molar refractivity (Wildman–Crippen MR) is 111 cm³/mol. The van der Waals surface area contributed by atoms with Gasteiger partial charge in [0, 0.05) is 37.5 Å². The van der Waals surface area contributed by atoms with E-state index in [0.717, 1.165) is 37.8 Å². The molecule has 0 aliphatic heterocycles. The highest BCUT2D eigenvalue weighted by atomic mass is 32.1. The average Bonchev–Trinajstić information content (AvgIpc) is 3.10. The summed E-state index contributed by atoms with van der Waals surface area (Å²) in [5.41, 5.74) is 4.91. The Hall–Kier alpha value is -3.12. The second-order valence-corrected chi connectivity index (χ2v) is 7.56. The first-order valence-electron chi connectivity index (χ1n) is 8.64. The number of rotatable bonds is 4. The molecule has 0 fully saturated rings. The normalized spacial score (nSPS) is 11.4. The quantitative estimate of drug-likeness (QED) is 0.361. The SMILES string of the molecule is CN(C)c1ccc(N=Nc2ccc3nc(-c4cc[n+](C)cc4)sc3c2)cc1. The zero-order chi connectivity index (χ0) is 18.8. The van der Waals surface area contributed by atoms with Crippen LogP contribution in [0.5, 0.6) is 0 Å². The van der Waals surface area contributed by atoms with E-state index >= 15 is 0 Å². The van der Waals surface area contributed by atoms with Crippen molar-refractivity contribution in [1.82, 2.24) is 4.98 Å². The van der Waals surface area contributed by atoms with Gasteiger partial charge in [0.1, 0.15) is 12.1 Å². The van der Waals surface area contributed by atoms with E-state index < -0.39 is 0 Å². The van der Waals surface area contributed by atoms with Gasteiger partial charge in [-0.2, -0.15) is 10.2 Å². The lowest BCUT2D eigenvalue weighted by atomic mass is 10.3. The summed E-state index contributed by atoms with van der Waals surface area (Å²) in [5.74, 6) is 0. The highest BCUT2D eigenvalue weighted by Gasteiger charge is 2.08. The van der Waals surface area contributed by atoms with Crippen molar-refractivity contribution in [3.05, 3.63) is 67.0 Å². The summed E-state index contributed by atoms with van der Waals surface area (Å²) in [6.45, 7) is 0. The Bertz CT molecular complexity index is 1100. The molecular formula is C21H20N5S+. The van der Waals surface area contributed by atoms with Gasteiger partial charge in [0.15, 0.2) is 12.4 Å². The molecule has 0 radical (unpaired) electrons. The van der Waals surface area contributed by atoms with Gasteiger partial charge in [-0.1, -0.05) is 0 Å². The molecule has 0 saturated heterocycles. The van der Waals surface area contributed by atoms with Crippen LogP contribution >= 0.6 is 11.3 Å². The summed E-state index contributed by atoms with van der Waals surface area (Å²) < 4.78 is 3.12. The molecule has 2 aromatic carbocycles. The molecule has 2 aromatic heterocycles. The van der Waals surface area contributed by atoms with E-state index in [-0.39, 0.29) is 0 Å². The van der Waals surface area contributed by atoms with Gasteiger partial charge >= 0.3 is 0 Å². The molecule has 4 rings (SSSR count). The summed E-state index contributed by atoms with van der Waals surface area (Å²) in [6, 6.07) is 18.2. The smallest absolute Gasteiger partial charge is 0.169 e. The molecule has 27 heavy (non-hydrogen) atoms. The minimum atomic E-state index is 0.828. The van der Waals surface area contributed by atoms with Crippen molar-refractivity contribution in [2.24, 2.45) is 17.3 Å². The Labute approximate surface area is 162 Å². The van der Waals surface area contributed by atoms with Crippen LogP contribution < -0.4 is 9.47 Å². The van der Waals surface area contributed by atoms with Crippen molar-refractivity contribution in [1.29, 1.82) is 0 Å². The molecule has 5 nitrogen and oxygen atoms in total. The summed E-state index contributed by atoms with van der Waals surface area (Å²) >= 11 is 1.67. The van der Waals surface area contributed by atoms with Gasteiger partial charge in [-0.3, -0.25) is 0 Å². The van der Waals surface area contributed by atoms with Crippen LogP contribution in [0.25, 0.3) is 20.8 Å². The molecule has 0 spiro atoms. The number of aromatic nitrogens is 2. The number of hydrogen-bond donors (Lipinski definition) is 0. The molecule has 0 aliphatic rings. The number of nitrogens with zero attached hydrogens (tertiary/aromatic N) is 5. The molecule has 0 saturated carbocycles. The van der Waals surface area contributed by atoms with Gasteiger partial charge < -0.3 is 4.90 Å². The van der Waals surface area contributed by atoms with Gasteiger partial charge in [0.2, 0.25) is 0 Å². The van der Waals surface area contributed by atoms with Crippen LogP contribution in [0.2, 0.25) is 0 Å². The minimum Gasteiger partial charge on any atom is -0.378 e. The number of fused-ring (bicyclic) bond motifs is 1. The molecule has 2 heterocycles. The fourth-order valence-corrected chi connectivity index (χ4v) is 3.68. The summed E-state index contributed by atoms with van der Waals surface area (Å²) in [4.78, 5) is 6.79. The first-order valence-corrected chi connectivity index (χ1v) is 9.45. The lowest BCUT2D eigenvalue weighted by Crippen LogP contribution is -2.25. The lowest BCUT2D eigenvalue weighted by molar-refractivity contribution is -0.671. The van der Waals surface area contributed by atoms with Crippen LogP contribution in [0.1, 0.15) is 0 Å². The number of anilines is 1. The number of thiazole rings is 1. The Morgan fingerprint density at radius 2 is 1.56 bits per heavy atom. The van der Waals surface area contributed by atoms with Gasteiger partial charge in [-0.25, -0.2) is 9.55 Å². The molecule has 0 aliphatic carbocycles. The Balaban J connectivity index is 1.58. The van der Waals surface area contributed by atoms with Crippen LogP contribution in [0.15, 0.2) is 77.2 Å². The van der Waals surface area contributed by atoms with Crippen LogP contribution in [0.4, 0.5) is 17.1 Å². The zero-order valence-electron chi connectivity index (χ0n) is 15.5. The van der Waals surface area contributed by atoms with Gasteiger partial charge in [-0.05, 0) is 42.5 Å². The van der Waals surface area contributed by atoms with Gasteiger partial charge in [0.05, 0.1) is 21.6 Å². The highest BCUT2D eigenvalue weighted by molar-refractivity contribution is 7.21. The molecule has 0 atom stereocenters. The Kier molecular flexibility index (Phi) is 4.64. The number of pyridine rings is 1. The second-order valence-electron chi connectivity index (χ2n) is 6.53. The third-order valence-corrected chi connectivity index (χ3v) is 5.31. The van der Waals surface area contributed by atoms with Crippen LogP contribution in [-0.2, 0) is 7.05 Å². The van der Waals surface area contributed by atoms with Crippen molar-refractivity contribution in [2.75, 3.05) is 19.0 Å². The third kappa shape index (κ3) is 3.85. The molecule has 0 amide bonds. The highest BCUT2D eigenvalue weighted by Crippen LogP contribution is 2.32. The minimum absolute atomic E-state index is 0.828. The van der Waals surface area contributed by atoms with E-state index in [2.05, 4.69) is 27.3 Å².